The minimum Gasteiger partial charge on any atom is -0.467 e. The second-order valence-electron chi connectivity index (χ2n) is 10.2. The summed E-state index contributed by atoms with van der Waals surface area (Å²) in [6, 6.07) is 9.24. The molecule has 39 heavy (non-hydrogen) atoms. The Bertz CT molecular complexity index is 1130. The Morgan fingerprint density at radius 1 is 1.13 bits per heavy atom. The van der Waals surface area contributed by atoms with E-state index in [-0.39, 0.29) is 30.2 Å². The lowest BCUT2D eigenvalue weighted by Crippen LogP contribution is -2.47. The third-order valence-electron chi connectivity index (χ3n) is 6.16. The van der Waals surface area contributed by atoms with Gasteiger partial charge in [-0.1, -0.05) is 11.6 Å². The van der Waals surface area contributed by atoms with Crippen molar-refractivity contribution in [1.29, 1.82) is 0 Å². The van der Waals surface area contributed by atoms with E-state index in [0.717, 1.165) is 0 Å². The molecule has 2 aromatic carbocycles. The molecule has 1 heterocycles. The van der Waals surface area contributed by atoms with Crippen LogP contribution in [0.15, 0.2) is 36.4 Å². The van der Waals surface area contributed by atoms with Gasteiger partial charge in [-0.3, -0.25) is 4.79 Å². The Kier molecular flexibility index (Phi) is 10.8. The molecule has 0 aliphatic carbocycles. The van der Waals surface area contributed by atoms with E-state index in [1.165, 1.54) is 12.1 Å². The lowest BCUT2D eigenvalue weighted by Gasteiger charge is -2.38. The zero-order valence-electron chi connectivity index (χ0n) is 23.1. The molecule has 1 N–H and O–H groups in total. The number of nitrogens with one attached hydrogen (secondary N) is 1. The van der Waals surface area contributed by atoms with Crippen LogP contribution in [0, 0.1) is 5.82 Å². The van der Waals surface area contributed by atoms with Gasteiger partial charge < -0.3 is 34.1 Å². The highest BCUT2D eigenvalue weighted by Crippen LogP contribution is 2.29. The van der Waals surface area contributed by atoms with Crippen molar-refractivity contribution in [3.63, 3.8) is 0 Å². The summed E-state index contributed by atoms with van der Waals surface area (Å²) in [5.41, 5.74) is 0.361. The largest absolute Gasteiger partial charge is 0.467 e. The molecule has 1 aliphatic rings. The van der Waals surface area contributed by atoms with Crippen LogP contribution < -0.4 is 15.0 Å². The minimum atomic E-state index is -0.563. The van der Waals surface area contributed by atoms with Crippen molar-refractivity contribution in [3.05, 3.63) is 52.8 Å². The summed E-state index contributed by atoms with van der Waals surface area (Å²) < 4.78 is 36.4. The van der Waals surface area contributed by atoms with Gasteiger partial charge in [0.2, 0.25) is 0 Å². The van der Waals surface area contributed by atoms with Crippen LogP contribution in [0.2, 0.25) is 5.02 Å². The van der Waals surface area contributed by atoms with E-state index in [1.54, 1.807) is 43.3 Å². The molecule has 214 valence electrons. The van der Waals surface area contributed by atoms with Crippen molar-refractivity contribution in [1.82, 2.24) is 4.90 Å². The fourth-order valence-electron chi connectivity index (χ4n) is 4.13. The van der Waals surface area contributed by atoms with Crippen LogP contribution in [0.4, 0.5) is 20.6 Å². The number of carbonyl (C=O) groups excluding carboxylic acids is 2. The van der Waals surface area contributed by atoms with Gasteiger partial charge in [-0.2, -0.15) is 0 Å². The van der Waals surface area contributed by atoms with Crippen LogP contribution in [-0.2, 0) is 14.2 Å². The Morgan fingerprint density at radius 3 is 2.49 bits per heavy atom. The van der Waals surface area contributed by atoms with Crippen molar-refractivity contribution in [2.24, 2.45) is 0 Å². The Morgan fingerprint density at radius 2 is 1.85 bits per heavy atom. The van der Waals surface area contributed by atoms with Gasteiger partial charge in [0.05, 0.1) is 24.5 Å². The first kappa shape index (κ1) is 30.5. The number of carbonyl (C=O) groups is 2. The van der Waals surface area contributed by atoms with Gasteiger partial charge >= 0.3 is 6.09 Å². The molecule has 0 atom stereocenters. The van der Waals surface area contributed by atoms with Crippen molar-refractivity contribution < 1.29 is 32.9 Å². The first-order chi connectivity index (χ1) is 18.5. The number of rotatable bonds is 10. The van der Waals surface area contributed by atoms with Gasteiger partial charge in [0, 0.05) is 44.0 Å². The molecule has 3 rings (SSSR count). The highest BCUT2D eigenvalue weighted by atomic mass is 35.5. The Balaban J connectivity index is 1.60. The van der Waals surface area contributed by atoms with Gasteiger partial charge in [0.1, 0.15) is 17.2 Å². The van der Waals surface area contributed by atoms with Crippen LogP contribution >= 0.6 is 11.6 Å². The molecule has 1 fully saturated rings. The summed E-state index contributed by atoms with van der Waals surface area (Å²) in [5, 5.41) is 3.06. The lowest BCUT2D eigenvalue weighted by molar-refractivity contribution is -0.00872. The molecule has 2 amide bonds. The van der Waals surface area contributed by atoms with Crippen LogP contribution in [0.3, 0.4) is 0 Å². The summed E-state index contributed by atoms with van der Waals surface area (Å²) in [5.74, 6) is -0.672. The molecule has 0 spiro atoms. The lowest BCUT2D eigenvalue weighted by atomic mass is 10.0. The third kappa shape index (κ3) is 8.98. The number of ether oxygens (including phenoxy) is 4. The van der Waals surface area contributed by atoms with E-state index in [4.69, 9.17) is 30.5 Å². The monoisotopic (exact) mass is 565 g/mol. The third-order valence-corrected chi connectivity index (χ3v) is 6.39. The van der Waals surface area contributed by atoms with E-state index in [1.807, 2.05) is 25.7 Å². The van der Waals surface area contributed by atoms with Crippen LogP contribution in [0.25, 0.3) is 0 Å². The van der Waals surface area contributed by atoms with Crippen molar-refractivity contribution >= 4 is 35.0 Å². The Hall–Kier alpha value is -3.08. The number of hydrogen-bond donors (Lipinski definition) is 1. The topological polar surface area (TPSA) is 89.6 Å². The highest BCUT2D eigenvalue weighted by molar-refractivity contribution is 6.31. The maximum atomic E-state index is 15.1. The first-order valence-electron chi connectivity index (χ1n) is 12.8. The maximum absolute atomic E-state index is 15.1. The zero-order chi connectivity index (χ0) is 28.6. The molecule has 2 aromatic rings. The first-order valence-corrected chi connectivity index (χ1v) is 13.2. The molecule has 0 bridgehead atoms. The molecule has 0 saturated carbocycles. The molecular weight excluding hydrogens is 529 g/mol. The molecule has 9 nitrogen and oxygen atoms in total. The molecular formula is C28H37ClFN3O6. The SMILES string of the molecule is COCCOCOc1ccc(Cl)cc1C(=O)Nc1ccc(N2CCC(N(C)C(=O)OC(C)(C)C)CC2)c(F)c1. The van der Waals surface area contributed by atoms with Gasteiger partial charge in [-0.15, -0.1) is 0 Å². The van der Waals surface area contributed by atoms with Crippen LogP contribution in [-0.4, -0.2) is 75.8 Å². The zero-order valence-corrected chi connectivity index (χ0v) is 23.8. The molecule has 1 saturated heterocycles. The number of anilines is 2. The van der Waals surface area contributed by atoms with Crippen molar-refractivity contribution in [2.45, 2.75) is 45.3 Å². The quantitative estimate of drug-likeness (QED) is 0.298. The van der Waals surface area contributed by atoms with Crippen LogP contribution in [0.1, 0.15) is 44.0 Å². The summed E-state index contributed by atoms with van der Waals surface area (Å²) >= 11 is 6.10. The van der Waals surface area contributed by atoms with Gasteiger partial charge in [-0.25, -0.2) is 9.18 Å². The van der Waals surface area contributed by atoms with Gasteiger partial charge in [-0.05, 0) is 70.0 Å². The van der Waals surface area contributed by atoms with E-state index >= 15 is 4.39 Å². The predicted molar refractivity (Wildman–Crippen MR) is 148 cm³/mol. The number of methoxy groups -OCH3 is 1. The normalized spacial score (nSPS) is 14.2. The predicted octanol–water partition coefficient (Wildman–Crippen LogP) is 5.57. The summed E-state index contributed by atoms with van der Waals surface area (Å²) in [7, 11) is 3.30. The van der Waals surface area contributed by atoms with E-state index in [2.05, 4.69) is 5.32 Å². The summed E-state index contributed by atoms with van der Waals surface area (Å²) in [4.78, 5) is 28.9. The fourth-order valence-corrected chi connectivity index (χ4v) is 4.30. The molecule has 0 aromatic heterocycles. The smallest absolute Gasteiger partial charge is 0.410 e. The summed E-state index contributed by atoms with van der Waals surface area (Å²) in [6.07, 6.45) is 1.000. The number of nitrogens with zero attached hydrogens (tertiary/aromatic N) is 2. The number of hydrogen-bond acceptors (Lipinski definition) is 7. The summed E-state index contributed by atoms with van der Waals surface area (Å²) in [6.45, 7) is 7.34. The molecule has 11 heteroatoms. The second kappa shape index (κ2) is 13.8. The highest BCUT2D eigenvalue weighted by Gasteiger charge is 2.29. The van der Waals surface area contributed by atoms with Gasteiger partial charge in [0.15, 0.2) is 6.79 Å². The van der Waals surface area contributed by atoms with E-state index in [0.29, 0.717) is 55.5 Å². The Labute approximate surface area is 234 Å². The van der Waals surface area contributed by atoms with Crippen molar-refractivity contribution in [2.75, 3.05) is 57.5 Å². The van der Waals surface area contributed by atoms with E-state index < -0.39 is 17.3 Å². The minimum absolute atomic E-state index is 0.0113. The number of piperidine rings is 1. The fraction of sp³-hybridized carbons (Fsp3) is 0.500. The maximum Gasteiger partial charge on any atom is 0.410 e. The second-order valence-corrected chi connectivity index (χ2v) is 10.7. The molecule has 1 aliphatic heterocycles. The van der Waals surface area contributed by atoms with Gasteiger partial charge in [0.25, 0.3) is 5.91 Å². The molecule has 0 radical (unpaired) electrons. The van der Waals surface area contributed by atoms with Crippen LogP contribution in [0.5, 0.6) is 5.75 Å². The number of halogens is 2. The van der Waals surface area contributed by atoms with Crippen molar-refractivity contribution in [3.8, 4) is 5.75 Å². The average molecular weight is 566 g/mol. The average Bonchev–Trinajstić information content (AvgIpc) is 2.88. The number of benzene rings is 2. The molecule has 0 unspecified atom stereocenters. The standard InChI is InChI=1S/C28H37ClFN3O6/c1-28(2,3)39-27(35)32(4)21-10-12-33(13-11-21)24-8-7-20(17-23(24)30)31-26(34)22-16-19(29)6-9-25(22)38-18-37-15-14-36-5/h6-9,16-17,21H,10-15,18H2,1-5H3,(H,31,34). The number of amides is 2. The van der Waals surface area contributed by atoms with E-state index in [9.17, 15) is 9.59 Å².